The van der Waals surface area contributed by atoms with Gasteiger partial charge >= 0.3 is 6.18 Å². The van der Waals surface area contributed by atoms with Crippen molar-refractivity contribution in [1.29, 1.82) is 0 Å². The standard InChI is InChI=1S/C17H22F3N/c1-11-5-8-14(17(18,19)20)10-16(11)21-15-4-2-3-13(9-15)12-6-7-12/h5,8,10,12-13,15,21H,2-4,6-7,9H2,1H3. The Labute approximate surface area is 123 Å². The number of benzene rings is 1. The van der Waals surface area contributed by atoms with Gasteiger partial charge in [-0.2, -0.15) is 13.2 Å². The third kappa shape index (κ3) is 3.53. The maximum atomic E-state index is 12.8. The minimum Gasteiger partial charge on any atom is -0.382 e. The van der Waals surface area contributed by atoms with Crippen LogP contribution in [-0.2, 0) is 6.18 Å². The zero-order valence-electron chi connectivity index (χ0n) is 12.3. The third-order valence-electron chi connectivity index (χ3n) is 4.93. The molecular weight excluding hydrogens is 275 g/mol. The number of halogens is 3. The molecule has 2 unspecified atom stereocenters. The van der Waals surface area contributed by atoms with Gasteiger partial charge in [0.2, 0.25) is 0 Å². The smallest absolute Gasteiger partial charge is 0.382 e. The van der Waals surface area contributed by atoms with Crippen LogP contribution in [0.1, 0.15) is 49.7 Å². The number of hydrogen-bond donors (Lipinski definition) is 1. The van der Waals surface area contributed by atoms with Gasteiger partial charge in [-0.05, 0) is 62.1 Å². The van der Waals surface area contributed by atoms with E-state index in [1.54, 1.807) is 6.07 Å². The van der Waals surface area contributed by atoms with Crippen molar-refractivity contribution in [1.82, 2.24) is 0 Å². The van der Waals surface area contributed by atoms with Crippen LogP contribution >= 0.6 is 0 Å². The summed E-state index contributed by atoms with van der Waals surface area (Å²) in [5, 5.41) is 3.37. The lowest BCUT2D eigenvalue weighted by Gasteiger charge is -2.31. The minimum absolute atomic E-state index is 0.325. The van der Waals surface area contributed by atoms with Gasteiger partial charge in [0.15, 0.2) is 0 Å². The lowest BCUT2D eigenvalue weighted by atomic mass is 9.82. The van der Waals surface area contributed by atoms with E-state index in [1.807, 2.05) is 6.92 Å². The summed E-state index contributed by atoms with van der Waals surface area (Å²) in [6.45, 7) is 1.86. The second-order valence-corrected chi connectivity index (χ2v) is 6.63. The molecule has 4 heteroatoms. The van der Waals surface area contributed by atoms with Crippen molar-refractivity contribution in [3.05, 3.63) is 29.3 Å². The molecule has 1 nitrogen and oxygen atoms in total. The van der Waals surface area contributed by atoms with Crippen molar-refractivity contribution in [3.8, 4) is 0 Å². The molecule has 21 heavy (non-hydrogen) atoms. The average Bonchev–Trinajstić information content (AvgIpc) is 3.25. The Morgan fingerprint density at radius 3 is 2.48 bits per heavy atom. The van der Waals surface area contributed by atoms with E-state index in [0.29, 0.717) is 11.7 Å². The zero-order valence-corrected chi connectivity index (χ0v) is 12.3. The molecule has 2 saturated carbocycles. The van der Waals surface area contributed by atoms with Gasteiger partial charge in [-0.15, -0.1) is 0 Å². The van der Waals surface area contributed by atoms with Crippen LogP contribution in [0.25, 0.3) is 0 Å². The number of aryl methyl sites for hydroxylation is 1. The van der Waals surface area contributed by atoms with Gasteiger partial charge < -0.3 is 5.32 Å². The molecule has 0 saturated heterocycles. The molecule has 1 aromatic carbocycles. The van der Waals surface area contributed by atoms with Crippen molar-refractivity contribution >= 4 is 5.69 Å². The van der Waals surface area contributed by atoms with Crippen LogP contribution in [0.4, 0.5) is 18.9 Å². The Balaban J connectivity index is 1.71. The number of anilines is 1. The number of nitrogens with one attached hydrogen (secondary N) is 1. The molecule has 0 radical (unpaired) electrons. The van der Waals surface area contributed by atoms with Crippen LogP contribution in [0, 0.1) is 18.8 Å². The number of hydrogen-bond acceptors (Lipinski definition) is 1. The van der Waals surface area contributed by atoms with E-state index in [4.69, 9.17) is 0 Å². The highest BCUT2D eigenvalue weighted by atomic mass is 19.4. The molecule has 2 aliphatic carbocycles. The quantitative estimate of drug-likeness (QED) is 0.788. The average molecular weight is 297 g/mol. The first-order chi connectivity index (χ1) is 9.93. The molecule has 1 aromatic rings. The van der Waals surface area contributed by atoms with Gasteiger partial charge in [-0.25, -0.2) is 0 Å². The summed E-state index contributed by atoms with van der Waals surface area (Å²) in [7, 11) is 0. The van der Waals surface area contributed by atoms with Crippen LogP contribution in [-0.4, -0.2) is 6.04 Å². The van der Waals surface area contributed by atoms with E-state index in [9.17, 15) is 13.2 Å². The van der Waals surface area contributed by atoms with Crippen LogP contribution < -0.4 is 5.32 Å². The lowest BCUT2D eigenvalue weighted by molar-refractivity contribution is -0.137. The van der Waals surface area contributed by atoms with Gasteiger partial charge in [0.05, 0.1) is 5.56 Å². The molecule has 0 aliphatic heterocycles. The fraction of sp³-hybridized carbons (Fsp3) is 0.647. The molecule has 2 fully saturated rings. The molecule has 0 bridgehead atoms. The first-order valence-electron chi connectivity index (χ1n) is 7.88. The Morgan fingerprint density at radius 1 is 1.05 bits per heavy atom. The second kappa shape index (κ2) is 5.54. The van der Waals surface area contributed by atoms with E-state index in [-0.39, 0.29) is 0 Å². The molecule has 116 valence electrons. The predicted molar refractivity (Wildman–Crippen MR) is 78.3 cm³/mol. The van der Waals surface area contributed by atoms with E-state index >= 15 is 0 Å². The van der Waals surface area contributed by atoms with Crippen LogP contribution in [0.15, 0.2) is 18.2 Å². The molecule has 0 spiro atoms. The van der Waals surface area contributed by atoms with Crippen molar-refractivity contribution in [2.75, 3.05) is 5.32 Å². The number of alkyl halides is 3. The van der Waals surface area contributed by atoms with Gasteiger partial charge in [0.1, 0.15) is 0 Å². The van der Waals surface area contributed by atoms with Crippen molar-refractivity contribution in [2.45, 2.75) is 57.7 Å². The highest BCUT2D eigenvalue weighted by Crippen LogP contribution is 2.44. The first-order valence-corrected chi connectivity index (χ1v) is 7.88. The van der Waals surface area contributed by atoms with Crippen molar-refractivity contribution < 1.29 is 13.2 Å². The first kappa shape index (κ1) is 14.7. The fourth-order valence-corrected chi connectivity index (χ4v) is 3.53. The zero-order chi connectivity index (χ0) is 15.0. The highest BCUT2D eigenvalue weighted by Gasteiger charge is 2.35. The molecule has 1 N–H and O–H groups in total. The SMILES string of the molecule is Cc1ccc(C(F)(F)F)cc1NC1CCCC(C2CC2)C1. The Hall–Kier alpha value is -1.19. The second-order valence-electron chi connectivity index (χ2n) is 6.63. The van der Waals surface area contributed by atoms with Gasteiger partial charge in [-0.3, -0.25) is 0 Å². The van der Waals surface area contributed by atoms with Gasteiger partial charge in [-0.1, -0.05) is 18.9 Å². The van der Waals surface area contributed by atoms with Crippen molar-refractivity contribution in [2.24, 2.45) is 11.8 Å². The van der Waals surface area contributed by atoms with Crippen molar-refractivity contribution in [3.63, 3.8) is 0 Å². The minimum atomic E-state index is -4.27. The van der Waals surface area contributed by atoms with Crippen LogP contribution in [0.3, 0.4) is 0 Å². The summed E-state index contributed by atoms with van der Waals surface area (Å²) in [5.41, 5.74) is 0.966. The summed E-state index contributed by atoms with van der Waals surface area (Å²) in [4.78, 5) is 0. The molecule has 0 aromatic heterocycles. The predicted octanol–water partition coefficient (Wildman–Crippen LogP) is 5.39. The molecule has 0 amide bonds. The van der Waals surface area contributed by atoms with Gasteiger partial charge in [0.25, 0.3) is 0 Å². The monoisotopic (exact) mass is 297 g/mol. The van der Waals surface area contributed by atoms with E-state index < -0.39 is 11.7 Å². The maximum Gasteiger partial charge on any atom is 0.416 e. The van der Waals surface area contributed by atoms with E-state index in [1.165, 1.54) is 31.7 Å². The molecule has 3 rings (SSSR count). The fourth-order valence-electron chi connectivity index (χ4n) is 3.53. The molecule has 0 heterocycles. The largest absolute Gasteiger partial charge is 0.416 e. The summed E-state index contributed by atoms with van der Waals surface area (Å²) >= 11 is 0. The Kier molecular flexibility index (Phi) is 3.89. The summed E-state index contributed by atoms with van der Waals surface area (Å²) in [6, 6.07) is 4.31. The third-order valence-corrected chi connectivity index (χ3v) is 4.93. The number of rotatable bonds is 3. The maximum absolute atomic E-state index is 12.8. The van der Waals surface area contributed by atoms with E-state index in [2.05, 4.69) is 5.32 Å². The summed E-state index contributed by atoms with van der Waals surface area (Å²) in [5.74, 6) is 1.67. The molecular formula is C17H22F3N. The highest BCUT2D eigenvalue weighted by molar-refractivity contribution is 5.54. The summed E-state index contributed by atoms with van der Waals surface area (Å²) in [6.07, 6.45) is 3.09. The van der Waals surface area contributed by atoms with Crippen LogP contribution in [0.5, 0.6) is 0 Å². The topological polar surface area (TPSA) is 12.0 Å². The molecule has 2 aliphatic rings. The van der Waals surface area contributed by atoms with Gasteiger partial charge in [0, 0.05) is 11.7 Å². The Morgan fingerprint density at radius 2 is 1.81 bits per heavy atom. The summed E-state index contributed by atoms with van der Waals surface area (Å²) < 4.78 is 38.5. The lowest BCUT2D eigenvalue weighted by Crippen LogP contribution is -2.28. The normalized spacial score (nSPS) is 26.7. The molecule has 2 atom stereocenters. The Bertz CT molecular complexity index is 505. The van der Waals surface area contributed by atoms with E-state index in [0.717, 1.165) is 36.3 Å². The van der Waals surface area contributed by atoms with Crippen LogP contribution in [0.2, 0.25) is 0 Å².